The fraction of sp³-hybridized carbons (Fsp3) is 0.300. The van der Waals surface area contributed by atoms with Crippen LogP contribution in [0.3, 0.4) is 0 Å². The number of benzene rings is 2. The average Bonchev–Trinajstić information content (AvgIpc) is 3.08. The molecule has 3 aromatic rings. The lowest BCUT2D eigenvalue weighted by molar-refractivity contribution is -0.384. The Hall–Kier alpha value is -2.96. The van der Waals surface area contributed by atoms with E-state index in [0.29, 0.717) is 28.2 Å². The number of nitro groups is 1. The van der Waals surface area contributed by atoms with Gasteiger partial charge in [0, 0.05) is 32.2 Å². The first-order valence-electron chi connectivity index (χ1n) is 9.54. The Morgan fingerprint density at radius 1 is 1.25 bits per heavy atom. The molecule has 0 aliphatic heterocycles. The minimum Gasteiger partial charge on any atom is -0.383 e. The number of thiazole rings is 1. The van der Waals surface area contributed by atoms with E-state index in [1.807, 2.05) is 0 Å². The number of sulfone groups is 1. The highest BCUT2D eigenvalue weighted by Crippen LogP contribution is 2.23. The van der Waals surface area contributed by atoms with Crippen molar-refractivity contribution >= 4 is 43.0 Å². The molecule has 0 unspecified atom stereocenters. The minimum atomic E-state index is -3.64. The van der Waals surface area contributed by atoms with Crippen LogP contribution in [0.5, 0.6) is 0 Å². The first kappa shape index (κ1) is 23.7. The van der Waals surface area contributed by atoms with E-state index in [1.54, 1.807) is 10.6 Å². The van der Waals surface area contributed by atoms with Gasteiger partial charge < -0.3 is 9.30 Å². The number of non-ortho nitro benzene ring substituents is 1. The maximum atomic E-state index is 13.0. The molecule has 0 bridgehead atoms. The van der Waals surface area contributed by atoms with Gasteiger partial charge in [0.2, 0.25) is 5.91 Å². The molecule has 32 heavy (non-hydrogen) atoms. The Morgan fingerprint density at radius 3 is 2.62 bits per heavy atom. The van der Waals surface area contributed by atoms with Gasteiger partial charge >= 0.3 is 0 Å². The lowest BCUT2D eigenvalue weighted by Gasteiger charge is -2.04. The second-order valence-electron chi connectivity index (χ2n) is 6.82. The van der Waals surface area contributed by atoms with Crippen molar-refractivity contribution in [2.45, 2.75) is 24.3 Å². The number of nitrogens with zero attached hydrogens (tertiary/aromatic N) is 3. The molecule has 9 nitrogen and oxygen atoms in total. The highest BCUT2D eigenvalue weighted by atomic mass is 32.2. The summed E-state index contributed by atoms with van der Waals surface area (Å²) >= 11 is 1.13. The summed E-state index contributed by atoms with van der Waals surface area (Å²) in [5.41, 5.74) is 0.615. The Morgan fingerprint density at radius 2 is 1.97 bits per heavy atom. The number of carbonyl (C=O) groups is 1. The van der Waals surface area contributed by atoms with Gasteiger partial charge in [0.05, 0.1) is 32.4 Å². The lowest BCUT2D eigenvalue weighted by atomic mass is 10.3. The zero-order valence-electron chi connectivity index (χ0n) is 17.1. The molecule has 3 rings (SSSR count). The summed E-state index contributed by atoms with van der Waals surface area (Å²) in [4.78, 5) is 27.4. The summed E-state index contributed by atoms with van der Waals surface area (Å²) < 4.78 is 45.1. The Kier molecular flexibility index (Phi) is 7.48. The van der Waals surface area contributed by atoms with E-state index in [2.05, 4.69) is 4.99 Å². The number of carbonyl (C=O) groups excluding carboxylic acids is 1. The number of halogens is 1. The first-order valence-corrected chi connectivity index (χ1v) is 12.0. The van der Waals surface area contributed by atoms with Crippen molar-refractivity contribution in [2.75, 3.05) is 19.5 Å². The third-order valence-electron chi connectivity index (χ3n) is 4.59. The predicted octanol–water partition coefficient (Wildman–Crippen LogP) is 3.08. The molecule has 2 aromatic carbocycles. The fourth-order valence-corrected chi connectivity index (χ4v) is 5.41. The molecule has 1 heterocycles. The van der Waals surface area contributed by atoms with E-state index < -0.39 is 26.5 Å². The maximum absolute atomic E-state index is 13.0. The molecule has 1 aromatic heterocycles. The standard InChI is InChI=1S/C20H20FN3O6S2/c1-30-11-10-23-17-9-6-15(24(26)27)13-18(17)31-20(23)22-19(25)3-2-12-32(28,29)16-7-4-14(21)5-8-16/h4-9,13H,2-3,10-12H2,1H3. The summed E-state index contributed by atoms with van der Waals surface area (Å²) in [5.74, 6) is -1.32. The van der Waals surface area contributed by atoms with Gasteiger partial charge in [-0.2, -0.15) is 4.99 Å². The predicted molar refractivity (Wildman–Crippen MR) is 117 cm³/mol. The quantitative estimate of drug-likeness (QED) is 0.263. The molecule has 0 fully saturated rings. The third kappa shape index (κ3) is 5.64. The largest absolute Gasteiger partial charge is 0.383 e. The van der Waals surface area contributed by atoms with Gasteiger partial charge in [0.15, 0.2) is 14.6 Å². The van der Waals surface area contributed by atoms with Crippen molar-refractivity contribution in [1.82, 2.24) is 4.57 Å². The highest BCUT2D eigenvalue weighted by molar-refractivity contribution is 7.91. The number of nitro benzene ring substituents is 1. The molecule has 0 saturated heterocycles. The van der Waals surface area contributed by atoms with E-state index in [1.165, 1.54) is 31.4 Å². The average molecular weight is 482 g/mol. The molecule has 0 saturated carbocycles. The zero-order valence-corrected chi connectivity index (χ0v) is 18.7. The molecule has 1 amide bonds. The van der Waals surface area contributed by atoms with Crippen LogP contribution in [-0.4, -0.2) is 43.3 Å². The van der Waals surface area contributed by atoms with Crippen LogP contribution in [-0.2, 0) is 25.9 Å². The van der Waals surface area contributed by atoms with Crippen molar-refractivity contribution in [3.63, 3.8) is 0 Å². The Labute approximate surface area is 186 Å². The van der Waals surface area contributed by atoms with E-state index in [0.717, 1.165) is 23.5 Å². The molecule has 0 atom stereocenters. The molecular formula is C20H20FN3O6S2. The number of fused-ring (bicyclic) bond motifs is 1. The third-order valence-corrected chi connectivity index (χ3v) is 7.45. The van der Waals surface area contributed by atoms with E-state index in [4.69, 9.17) is 4.74 Å². The number of aromatic nitrogens is 1. The van der Waals surface area contributed by atoms with Gasteiger partial charge in [-0.1, -0.05) is 11.3 Å². The minimum absolute atomic E-state index is 0.00760. The molecule has 0 radical (unpaired) electrons. The van der Waals surface area contributed by atoms with Crippen LogP contribution in [0, 0.1) is 15.9 Å². The van der Waals surface area contributed by atoms with Gasteiger partial charge in [-0.05, 0) is 36.8 Å². The summed E-state index contributed by atoms with van der Waals surface area (Å²) in [5, 5.41) is 11.0. The maximum Gasteiger partial charge on any atom is 0.270 e. The van der Waals surface area contributed by atoms with Crippen molar-refractivity contribution < 1.29 is 27.3 Å². The molecular weight excluding hydrogens is 461 g/mol. The Balaban J connectivity index is 1.78. The van der Waals surface area contributed by atoms with Gasteiger partial charge in [-0.25, -0.2) is 12.8 Å². The van der Waals surface area contributed by atoms with Gasteiger partial charge in [0.25, 0.3) is 5.69 Å². The smallest absolute Gasteiger partial charge is 0.270 e. The molecule has 170 valence electrons. The van der Waals surface area contributed by atoms with E-state index >= 15 is 0 Å². The fourth-order valence-electron chi connectivity index (χ4n) is 3.00. The van der Waals surface area contributed by atoms with Crippen molar-refractivity contribution in [1.29, 1.82) is 0 Å². The van der Waals surface area contributed by atoms with Crippen LogP contribution in [0.1, 0.15) is 12.8 Å². The van der Waals surface area contributed by atoms with Gasteiger partial charge in [-0.3, -0.25) is 14.9 Å². The summed E-state index contributed by atoms with van der Waals surface area (Å²) in [6.07, 6.45) is -0.0461. The number of amides is 1. The normalized spacial score (nSPS) is 12.4. The molecule has 0 aliphatic carbocycles. The van der Waals surface area contributed by atoms with Crippen LogP contribution in [0.15, 0.2) is 52.4 Å². The second kappa shape index (κ2) is 10.1. The number of hydrogen-bond acceptors (Lipinski definition) is 7. The number of hydrogen-bond donors (Lipinski definition) is 0. The zero-order chi connectivity index (χ0) is 23.3. The monoisotopic (exact) mass is 481 g/mol. The van der Waals surface area contributed by atoms with Crippen LogP contribution in [0.25, 0.3) is 10.2 Å². The highest BCUT2D eigenvalue weighted by Gasteiger charge is 2.16. The number of rotatable bonds is 9. The molecule has 0 spiro atoms. The van der Waals surface area contributed by atoms with Crippen molar-refractivity contribution in [2.24, 2.45) is 4.99 Å². The SMILES string of the molecule is COCCn1c(=NC(=O)CCCS(=O)(=O)c2ccc(F)cc2)sc2cc([N+](=O)[O-])ccc21. The van der Waals surface area contributed by atoms with Crippen molar-refractivity contribution in [3.8, 4) is 0 Å². The summed E-state index contributed by atoms with van der Waals surface area (Å²) in [6.45, 7) is 0.736. The molecule has 12 heteroatoms. The van der Waals surface area contributed by atoms with Gasteiger partial charge in [-0.15, -0.1) is 0 Å². The van der Waals surface area contributed by atoms with Crippen LogP contribution in [0.2, 0.25) is 0 Å². The van der Waals surface area contributed by atoms with Crippen molar-refractivity contribution in [3.05, 3.63) is 63.2 Å². The van der Waals surface area contributed by atoms with E-state index in [-0.39, 0.29) is 29.2 Å². The Bertz CT molecular complexity index is 1310. The second-order valence-corrected chi connectivity index (χ2v) is 9.94. The number of methoxy groups -OCH3 is 1. The number of ether oxygens (including phenoxy) is 1. The summed E-state index contributed by atoms with van der Waals surface area (Å²) in [7, 11) is -2.11. The molecule has 0 aliphatic rings. The van der Waals surface area contributed by atoms with Gasteiger partial charge in [0.1, 0.15) is 5.82 Å². The van der Waals surface area contributed by atoms with Crippen LogP contribution >= 0.6 is 11.3 Å². The first-order chi connectivity index (χ1) is 15.2. The van der Waals surface area contributed by atoms with E-state index in [9.17, 15) is 27.7 Å². The lowest BCUT2D eigenvalue weighted by Crippen LogP contribution is -2.19. The van der Waals surface area contributed by atoms with Crippen LogP contribution < -0.4 is 4.80 Å². The topological polar surface area (TPSA) is 121 Å². The van der Waals surface area contributed by atoms with Crippen LogP contribution in [0.4, 0.5) is 10.1 Å². The molecule has 0 N–H and O–H groups in total. The summed E-state index contributed by atoms with van der Waals surface area (Å²) in [6, 6.07) is 8.90.